The van der Waals surface area contributed by atoms with Crippen LogP contribution in [0.3, 0.4) is 0 Å². The molecule has 7 nitrogen and oxygen atoms in total. The Morgan fingerprint density at radius 1 is 1.07 bits per heavy atom. The van der Waals surface area contributed by atoms with Gasteiger partial charge in [-0.25, -0.2) is 9.67 Å². The maximum absolute atomic E-state index is 11.8. The molecular weight excluding hydrogens is 342 g/mol. The molecule has 0 radical (unpaired) electrons. The number of nitrogens with zero attached hydrogens (tertiary/aromatic N) is 4. The molecule has 7 heteroatoms. The summed E-state index contributed by atoms with van der Waals surface area (Å²) in [6.45, 7) is 9.43. The first-order valence-electron chi connectivity index (χ1n) is 8.80. The van der Waals surface area contributed by atoms with Crippen LogP contribution in [0.2, 0.25) is 0 Å². The van der Waals surface area contributed by atoms with E-state index in [0.29, 0.717) is 23.3 Å². The second kappa shape index (κ2) is 7.57. The van der Waals surface area contributed by atoms with Crippen LogP contribution in [0.1, 0.15) is 31.1 Å². The van der Waals surface area contributed by atoms with Crippen molar-refractivity contribution in [3.8, 4) is 17.4 Å². The topological polar surface area (TPSA) is 81.9 Å². The number of carbonyl (C=O) groups excluding carboxylic acids is 1. The maximum atomic E-state index is 11.8. The zero-order chi connectivity index (χ0) is 19.6. The van der Waals surface area contributed by atoms with Crippen molar-refractivity contribution < 1.29 is 9.53 Å². The third-order valence-electron chi connectivity index (χ3n) is 3.90. The van der Waals surface area contributed by atoms with Crippen LogP contribution in [0.5, 0.6) is 11.6 Å². The first-order chi connectivity index (χ1) is 12.8. The molecule has 0 bridgehead atoms. The molecule has 0 aliphatic heterocycles. The molecular formula is C20H23N5O2. The van der Waals surface area contributed by atoms with Gasteiger partial charge in [-0.05, 0) is 51.1 Å². The van der Waals surface area contributed by atoms with Crippen LogP contribution in [-0.2, 0) is 4.79 Å². The second-order valence-corrected chi connectivity index (χ2v) is 6.72. The third kappa shape index (κ3) is 4.49. The summed E-state index contributed by atoms with van der Waals surface area (Å²) in [5.74, 6) is 2.21. The van der Waals surface area contributed by atoms with Crippen LogP contribution in [-0.4, -0.2) is 25.7 Å². The van der Waals surface area contributed by atoms with Crippen LogP contribution < -0.4 is 10.1 Å². The van der Waals surface area contributed by atoms with Crippen molar-refractivity contribution in [2.45, 2.75) is 34.6 Å². The van der Waals surface area contributed by atoms with E-state index in [0.717, 1.165) is 17.1 Å². The van der Waals surface area contributed by atoms with E-state index in [1.807, 2.05) is 40.7 Å². The minimum atomic E-state index is -0.0715. The molecule has 140 valence electrons. The van der Waals surface area contributed by atoms with Crippen LogP contribution in [0, 0.1) is 26.7 Å². The highest BCUT2D eigenvalue weighted by Crippen LogP contribution is 2.23. The SMILES string of the molecule is Cc1cc(C)n(-c2cc(Oc3ccc(NC(=O)C(C)C)cc3)nc(C)n2)n1. The molecule has 2 heterocycles. The van der Waals surface area contributed by atoms with Crippen LogP contribution in [0.25, 0.3) is 5.82 Å². The normalized spacial score (nSPS) is 10.9. The number of anilines is 1. The minimum absolute atomic E-state index is 0.0235. The summed E-state index contributed by atoms with van der Waals surface area (Å²) in [5.41, 5.74) is 2.63. The molecule has 0 saturated carbocycles. The molecule has 1 amide bonds. The van der Waals surface area contributed by atoms with E-state index in [1.54, 1.807) is 35.0 Å². The lowest BCUT2D eigenvalue weighted by Crippen LogP contribution is -2.17. The summed E-state index contributed by atoms with van der Waals surface area (Å²) >= 11 is 0. The Morgan fingerprint density at radius 3 is 2.37 bits per heavy atom. The molecule has 0 spiro atoms. The zero-order valence-corrected chi connectivity index (χ0v) is 16.1. The fourth-order valence-corrected chi connectivity index (χ4v) is 2.56. The summed E-state index contributed by atoms with van der Waals surface area (Å²) in [6, 6.07) is 10.9. The Kier molecular flexibility index (Phi) is 5.21. The number of carbonyl (C=O) groups is 1. The number of nitrogens with one attached hydrogen (secondary N) is 1. The Labute approximate surface area is 158 Å². The first-order valence-corrected chi connectivity index (χ1v) is 8.80. The van der Waals surface area contributed by atoms with Crippen LogP contribution in [0.15, 0.2) is 36.4 Å². The lowest BCUT2D eigenvalue weighted by molar-refractivity contribution is -0.118. The second-order valence-electron chi connectivity index (χ2n) is 6.72. The Bertz CT molecular complexity index is 961. The number of benzene rings is 1. The lowest BCUT2D eigenvalue weighted by atomic mass is 10.2. The summed E-state index contributed by atoms with van der Waals surface area (Å²) in [7, 11) is 0. The number of aryl methyl sites for hydroxylation is 3. The van der Waals surface area contributed by atoms with Gasteiger partial charge in [0.1, 0.15) is 11.6 Å². The van der Waals surface area contributed by atoms with Gasteiger partial charge in [-0.15, -0.1) is 0 Å². The summed E-state index contributed by atoms with van der Waals surface area (Å²) in [6.07, 6.45) is 0. The van der Waals surface area contributed by atoms with Crippen molar-refractivity contribution in [3.63, 3.8) is 0 Å². The molecule has 0 saturated heterocycles. The molecule has 0 aliphatic rings. The standard InChI is InChI=1S/C20H23N5O2/c1-12(2)20(26)23-16-6-8-17(9-7-16)27-19-11-18(21-15(5)22-19)25-14(4)10-13(3)24-25/h6-12H,1-5H3,(H,23,26). The van der Waals surface area contributed by atoms with Crippen LogP contribution in [0.4, 0.5) is 5.69 Å². The Morgan fingerprint density at radius 2 is 1.78 bits per heavy atom. The largest absolute Gasteiger partial charge is 0.439 e. The molecule has 3 aromatic rings. The van der Waals surface area contributed by atoms with Gasteiger partial charge >= 0.3 is 0 Å². The monoisotopic (exact) mass is 365 g/mol. The number of hydrogen-bond donors (Lipinski definition) is 1. The van der Waals surface area contributed by atoms with Crippen molar-refractivity contribution in [2.24, 2.45) is 5.92 Å². The highest BCUT2D eigenvalue weighted by Gasteiger charge is 2.10. The smallest absolute Gasteiger partial charge is 0.226 e. The quantitative estimate of drug-likeness (QED) is 0.740. The maximum Gasteiger partial charge on any atom is 0.226 e. The van der Waals surface area contributed by atoms with E-state index in [4.69, 9.17) is 4.74 Å². The molecule has 27 heavy (non-hydrogen) atoms. The van der Waals surface area contributed by atoms with Crippen LogP contribution >= 0.6 is 0 Å². The van der Waals surface area contributed by atoms with Gasteiger partial charge in [0.2, 0.25) is 11.8 Å². The average Bonchev–Trinajstić information content (AvgIpc) is 2.94. The average molecular weight is 365 g/mol. The van der Waals surface area contributed by atoms with Crippen molar-refractivity contribution in [3.05, 3.63) is 53.6 Å². The number of amides is 1. The number of hydrogen-bond acceptors (Lipinski definition) is 5. The van der Waals surface area contributed by atoms with E-state index >= 15 is 0 Å². The van der Waals surface area contributed by atoms with Gasteiger partial charge in [-0.2, -0.15) is 10.1 Å². The van der Waals surface area contributed by atoms with Gasteiger partial charge in [0.05, 0.1) is 5.69 Å². The van der Waals surface area contributed by atoms with Crippen molar-refractivity contribution in [1.29, 1.82) is 0 Å². The van der Waals surface area contributed by atoms with Gasteiger partial charge in [-0.3, -0.25) is 4.79 Å². The van der Waals surface area contributed by atoms with E-state index in [2.05, 4.69) is 20.4 Å². The fourth-order valence-electron chi connectivity index (χ4n) is 2.56. The Balaban J connectivity index is 1.79. The lowest BCUT2D eigenvalue weighted by Gasteiger charge is -2.10. The van der Waals surface area contributed by atoms with Crippen molar-refractivity contribution in [2.75, 3.05) is 5.32 Å². The number of rotatable bonds is 5. The minimum Gasteiger partial charge on any atom is -0.439 e. The first kappa shape index (κ1) is 18.6. The van der Waals surface area contributed by atoms with E-state index < -0.39 is 0 Å². The van der Waals surface area contributed by atoms with E-state index in [1.165, 1.54) is 0 Å². The van der Waals surface area contributed by atoms with Crippen molar-refractivity contribution >= 4 is 11.6 Å². The predicted octanol–water partition coefficient (Wildman–Crippen LogP) is 3.97. The van der Waals surface area contributed by atoms with Gasteiger partial charge in [0.25, 0.3) is 0 Å². The number of ether oxygens (including phenoxy) is 1. The number of aromatic nitrogens is 4. The highest BCUT2D eigenvalue weighted by molar-refractivity contribution is 5.92. The fraction of sp³-hybridized carbons (Fsp3) is 0.300. The summed E-state index contributed by atoms with van der Waals surface area (Å²) in [4.78, 5) is 20.5. The third-order valence-corrected chi connectivity index (χ3v) is 3.90. The zero-order valence-electron chi connectivity index (χ0n) is 16.1. The molecule has 0 fully saturated rings. The summed E-state index contributed by atoms with van der Waals surface area (Å²) < 4.78 is 7.64. The molecule has 0 unspecified atom stereocenters. The van der Waals surface area contributed by atoms with E-state index in [-0.39, 0.29) is 11.8 Å². The Hall–Kier alpha value is -3.22. The van der Waals surface area contributed by atoms with Gasteiger partial charge in [0, 0.05) is 23.4 Å². The molecule has 1 N–H and O–H groups in total. The molecule has 3 rings (SSSR count). The molecule has 2 aromatic heterocycles. The van der Waals surface area contributed by atoms with E-state index in [9.17, 15) is 4.79 Å². The molecule has 0 atom stereocenters. The van der Waals surface area contributed by atoms with Gasteiger partial charge < -0.3 is 10.1 Å². The molecule has 1 aromatic carbocycles. The molecule has 0 aliphatic carbocycles. The van der Waals surface area contributed by atoms with Gasteiger partial charge in [0.15, 0.2) is 5.82 Å². The predicted molar refractivity (Wildman–Crippen MR) is 103 cm³/mol. The summed E-state index contributed by atoms with van der Waals surface area (Å²) in [5, 5.41) is 7.30. The van der Waals surface area contributed by atoms with Crippen molar-refractivity contribution in [1.82, 2.24) is 19.7 Å². The van der Waals surface area contributed by atoms with Gasteiger partial charge in [-0.1, -0.05) is 13.8 Å². The highest BCUT2D eigenvalue weighted by atomic mass is 16.5.